The van der Waals surface area contributed by atoms with Crippen LogP contribution in [-0.2, 0) is 0 Å². The number of halogens is 3. The van der Waals surface area contributed by atoms with Crippen molar-refractivity contribution in [3.05, 3.63) is 11.4 Å². The standard InChI is InChI=1S/C14H19F3N4/c1-8-11(18)19-12(9-4-5-9)20-13(8)21-6-2-3-10(7-21)14(15,16)17/h9-10H,2-7H2,1H3,(H2,18,19,20). The maximum atomic E-state index is 12.9. The van der Waals surface area contributed by atoms with Crippen LogP contribution in [0.1, 0.15) is 43.0 Å². The minimum atomic E-state index is -4.15. The van der Waals surface area contributed by atoms with Gasteiger partial charge in [-0.3, -0.25) is 0 Å². The summed E-state index contributed by atoms with van der Waals surface area (Å²) in [5, 5.41) is 0. The van der Waals surface area contributed by atoms with Crippen molar-refractivity contribution in [2.24, 2.45) is 5.92 Å². The highest BCUT2D eigenvalue weighted by molar-refractivity contribution is 5.57. The van der Waals surface area contributed by atoms with Gasteiger partial charge in [0.1, 0.15) is 17.5 Å². The molecule has 1 aromatic heterocycles. The van der Waals surface area contributed by atoms with E-state index in [-0.39, 0.29) is 13.0 Å². The summed E-state index contributed by atoms with van der Waals surface area (Å²) in [5.41, 5.74) is 6.60. The second-order valence-corrected chi connectivity index (χ2v) is 6.02. The molecule has 2 N–H and O–H groups in total. The number of hydrogen-bond acceptors (Lipinski definition) is 4. The van der Waals surface area contributed by atoms with Gasteiger partial charge in [0.05, 0.1) is 5.92 Å². The molecule has 0 aromatic carbocycles. The molecular weight excluding hydrogens is 281 g/mol. The largest absolute Gasteiger partial charge is 0.393 e. The molecular formula is C14H19F3N4. The number of alkyl halides is 3. The summed E-state index contributed by atoms with van der Waals surface area (Å²) < 4.78 is 38.8. The predicted octanol–water partition coefficient (Wildman–Crippen LogP) is 3.02. The Balaban J connectivity index is 1.88. The lowest BCUT2D eigenvalue weighted by molar-refractivity contribution is -0.176. The van der Waals surface area contributed by atoms with Crippen molar-refractivity contribution in [1.29, 1.82) is 0 Å². The van der Waals surface area contributed by atoms with Gasteiger partial charge in [0, 0.05) is 24.6 Å². The summed E-state index contributed by atoms with van der Waals surface area (Å²) in [5.74, 6) is 0.692. The van der Waals surface area contributed by atoms with Crippen LogP contribution in [0.25, 0.3) is 0 Å². The second-order valence-electron chi connectivity index (χ2n) is 6.02. The van der Waals surface area contributed by atoms with Gasteiger partial charge in [0.25, 0.3) is 0 Å². The molecule has 1 aliphatic heterocycles. The zero-order valence-corrected chi connectivity index (χ0v) is 12.0. The lowest BCUT2D eigenvalue weighted by atomic mass is 9.97. The summed E-state index contributed by atoms with van der Waals surface area (Å²) in [6.45, 7) is 2.33. The summed E-state index contributed by atoms with van der Waals surface area (Å²) in [7, 11) is 0. The Morgan fingerprint density at radius 2 is 1.90 bits per heavy atom. The first-order valence-corrected chi connectivity index (χ1v) is 7.32. The zero-order chi connectivity index (χ0) is 15.2. The molecule has 116 valence electrons. The lowest BCUT2D eigenvalue weighted by Crippen LogP contribution is -2.42. The highest BCUT2D eigenvalue weighted by atomic mass is 19.4. The third-order valence-corrected chi connectivity index (χ3v) is 4.30. The van der Waals surface area contributed by atoms with Gasteiger partial charge in [0.15, 0.2) is 0 Å². The van der Waals surface area contributed by atoms with Crippen molar-refractivity contribution in [2.75, 3.05) is 23.7 Å². The van der Waals surface area contributed by atoms with E-state index in [0.29, 0.717) is 41.9 Å². The Morgan fingerprint density at radius 3 is 2.52 bits per heavy atom. The molecule has 4 nitrogen and oxygen atoms in total. The van der Waals surface area contributed by atoms with E-state index < -0.39 is 12.1 Å². The van der Waals surface area contributed by atoms with Gasteiger partial charge < -0.3 is 10.6 Å². The summed E-state index contributed by atoms with van der Waals surface area (Å²) in [6, 6.07) is 0. The molecule has 1 unspecified atom stereocenters. The Labute approximate surface area is 121 Å². The fourth-order valence-corrected chi connectivity index (χ4v) is 2.81. The van der Waals surface area contributed by atoms with Crippen LogP contribution in [0.3, 0.4) is 0 Å². The number of rotatable bonds is 2. The van der Waals surface area contributed by atoms with E-state index in [9.17, 15) is 13.2 Å². The number of aromatic nitrogens is 2. The van der Waals surface area contributed by atoms with Crippen LogP contribution in [0.4, 0.5) is 24.8 Å². The third-order valence-electron chi connectivity index (χ3n) is 4.30. The van der Waals surface area contributed by atoms with Gasteiger partial charge in [0.2, 0.25) is 0 Å². The average Bonchev–Trinajstić information content (AvgIpc) is 3.25. The van der Waals surface area contributed by atoms with Gasteiger partial charge in [-0.2, -0.15) is 13.2 Å². The second kappa shape index (κ2) is 5.03. The van der Waals surface area contributed by atoms with Crippen LogP contribution in [0, 0.1) is 12.8 Å². The highest BCUT2D eigenvalue weighted by Crippen LogP contribution is 2.40. The number of hydrogen-bond donors (Lipinski definition) is 1. The summed E-state index contributed by atoms with van der Waals surface area (Å²) in [6.07, 6.45) is -1.37. The highest BCUT2D eigenvalue weighted by Gasteiger charge is 2.42. The minimum absolute atomic E-state index is 0.0368. The molecule has 1 aromatic rings. The van der Waals surface area contributed by atoms with Crippen molar-refractivity contribution in [3.8, 4) is 0 Å². The third kappa shape index (κ3) is 2.91. The van der Waals surface area contributed by atoms with Crippen molar-refractivity contribution in [1.82, 2.24) is 9.97 Å². The number of nitrogens with zero attached hydrogens (tertiary/aromatic N) is 3. The molecule has 0 bridgehead atoms. The molecule has 2 heterocycles. The summed E-state index contributed by atoms with van der Waals surface area (Å²) in [4.78, 5) is 10.5. The first-order valence-electron chi connectivity index (χ1n) is 7.32. The smallest absolute Gasteiger partial charge is 0.383 e. The fourth-order valence-electron chi connectivity index (χ4n) is 2.81. The molecule has 1 aliphatic carbocycles. The van der Waals surface area contributed by atoms with Gasteiger partial charge in [-0.05, 0) is 32.6 Å². The maximum absolute atomic E-state index is 12.9. The lowest BCUT2D eigenvalue weighted by Gasteiger charge is -2.35. The Hall–Kier alpha value is -1.53. The van der Waals surface area contributed by atoms with Crippen LogP contribution < -0.4 is 10.6 Å². The Bertz CT molecular complexity index is 540. The molecule has 1 saturated heterocycles. The fraction of sp³-hybridized carbons (Fsp3) is 0.714. The molecule has 1 saturated carbocycles. The van der Waals surface area contributed by atoms with Crippen LogP contribution in [0.5, 0.6) is 0 Å². The summed E-state index contributed by atoms with van der Waals surface area (Å²) >= 11 is 0. The molecule has 2 aliphatic rings. The predicted molar refractivity (Wildman–Crippen MR) is 74.1 cm³/mol. The van der Waals surface area contributed by atoms with E-state index in [1.54, 1.807) is 11.8 Å². The Kier molecular flexibility index (Phi) is 3.45. The average molecular weight is 300 g/mol. The van der Waals surface area contributed by atoms with Crippen LogP contribution in [-0.4, -0.2) is 29.2 Å². The maximum Gasteiger partial charge on any atom is 0.393 e. The Morgan fingerprint density at radius 1 is 1.19 bits per heavy atom. The minimum Gasteiger partial charge on any atom is -0.383 e. The number of nitrogen functional groups attached to an aromatic ring is 1. The van der Waals surface area contributed by atoms with E-state index in [4.69, 9.17) is 5.73 Å². The van der Waals surface area contributed by atoms with Crippen molar-refractivity contribution in [3.63, 3.8) is 0 Å². The van der Waals surface area contributed by atoms with Crippen molar-refractivity contribution < 1.29 is 13.2 Å². The van der Waals surface area contributed by atoms with E-state index in [0.717, 1.165) is 12.8 Å². The molecule has 7 heteroatoms. The molecule has 0 spiro atoms. The van der Waals surface area contributed by atoms with Crippen LogP contribution in [0.2, 0.25) is 0 Å². The van der Waals surface area contributed by atoms with Gasteiger partial charge in [-0.1, -0.05) is 0 Å². The van der Waals surface area contributed by atoms with Gasteiger partial charge in [-0.25, -0.2) is 9.97 Å². The molecule has 1 atom stereocenters. The molecule has 3 rings (SSSR count). The normalized spacial score (nSPS) is 23.4. The van der Waals surface area contributed by atoms with Crippen molar-refractivity contribution in [2.45, 2.75) is 44.7 Å². The first-order chi connectivity index (χ1) is 9.86. The van der Waals surface area contributed by atoms with E-state index in [1.165, 1.54) is 0 Å². The first kappa shape index (κ1) is 14.4. The molecule has 21 heavy (non-hydrogen) atoms. The van der Waals surface area contributed by atoms with Crippen LogP contribution in [0.15, 0.2) is 0 Å². The molecule has 2 fully saturated rings. The number of nitrogens with two attached hydrogens (primary N) is 1. The van der Waals surface area contributed by atoms with E-state index in [1.807, 2.05) is 0 Å². The molecule has 0 amide bonds. The van der Waals surface area contributed by atoms with Crippen molar-refractivity contribution >= 4 is 11.6 Å². The SMILES string of the molecule is Cc1c(N)nc(C2CC2)nc1N1CCCC(C(F)(F)F)C1. The number of anilines is 2. The van der Waals surface area contributed by atoms with Gasteiger partial charge >= 0.3 is 6.18 Å². The monoisotopic (exact) mass is 300 g/mol. The van der Waals surface area contributed by atoms with E-state index >= 15 is 0 Å². The number of piperidine rings is 1. The topological polar surface area (TPSA) is 55.0 Å². The van der Waals surface area contributed by atoms with E-state index in [2.05, 4.69) is 9.97 Å². The van der Waals surface area contributed by atoms with Gasteiger partial charge in [-0.15, -0.1) is 0 Å². The molecule has 0 radical (unpaired) electrons. The quantitative estimate of drug-likeness (QED) is 0.912. The zero-order valence-electron chi connectivity index (χ0n) is 12.0. The van der Waals surface area contributed by atoms with Crippen LogP contribution >= 0.6 is 0 Å².